The van der Waals surface area contributed by atoms with Gasteiger partial charge in [-0.15, -0.1) is 0 Å². The molecule has 1 aromatic heterocycles. The Kier molecular flexibility index (Phi) is 6.89. The summed E-state index contributed by atoms with van der Waals surface area (Å²) in [6.45, 7) is 0. The highest BCUT2D eigenvalue weighted by Gasteiger charge is 2.37. The van der Waals surface area contributed by atoms with Crippen LogP contribution in [0.1, 0.15) is 37.7 Å². The van der Waals surface area contributed by atoms with Crippen LogP contribution < -0.4 is 10.1 Å². The van der Waals surface area contributed by atoms with Crippen LogP contribution in [0.25, 0.3) is 0 Å². The molecule has 0 spiro atoms. The average molecular weight is 475 g/mol. The van der Waals surface area contributed by atoms with Gasteiger partial charge in [-0.05, 0) is 37.8 Å². The molecule has 0 bridgehead atoms. The van der Waals surface area contributed by atoms with Crippen molar-refractivity contribution in [3.63, 3.8) is 0 Å². The van der Waals surface area contributed by atoms with Crippen molar-refractivity contribution in [2.24, 2.45) is 5.16 Å². The Bertz CT molecular complexity index is 1110. The first-order chi connectivity index (χ1) is 15.9. The lowest BCUT2D eigenvalue weighted by atomic mass is 10.1. The molecule has 0 radical (unpaired) electrons. The average Bonchev–Trinajstić information content (AvgIpc) is 3.60. The summed E-state index contributed by atoms with van der Waals surface area (Å²) < 4.78 is 35.3. The molecule has 1 amide bonds. The second-order valence-electron chi connectivity index (χ2n) is 8.00. The Morgan fingerprint density at radius 1 is 1.03 bits per heavy atom. The second-order valence-corrected chi connectivity index (χ2v) is 10.2. The summed E-state index contributed by atoms with van der Waals surface area (Å²) in [4.78, 5) is 27.0. The molecule has 2 saturated carbocycles. The van der Waals surface area contributed by atoms with E-state index in [1.165, 1.54) is 31.6 Å². The van der Waals surface area contributed by atoms with Crippen LogP contribution in [0.15, 0.2) is 46.7 Å². The predicted octanol–water partition coefficient (Wildman–Crippen LogP) is 2.35. The van der Waals surface area contributed by atoms with Gasteiger partial charge in [-0.1, -0.05) is 17.3 Å². The standard InChI is InChI=1S/C22H26N4O6S/c1-30-15-5-6-16(11-15)32-26-21(22(27)25-19-12-24-20(31-2)13-23-19)14-3-7-17(8-4-14)33(28,29)18-9-10-18/h3-4,7-8,12-13,15-16,18H,5-6,9-11H2,1-2H3,(H,23,25,27)/t15-,16-/m1/s1. The SMILES string of the molecule is COc1cnc(NC(=O)C(=NO[C@@H]2CC[C@@H](OC)C2)c2ccc(S(=O)(=O)C3CC3)cc2)cn1. The summed E-state index contributed by atoms with van der Waals surface area (Å²) in [7, 11) is -0.212. The van der Waals surface area contributed by atoms with Gasteiger partial charge in [0.25, 0.3) is 5.91 Å². The number of oxime groups is 1. The molecule has 0 aliphatic heterocycles. The Balaban J connectivity index is 1.56. The second kappa shape index (κ2) is 9.84. The number of methoxy groups -OCH3 is 2. The van der Waals surface area contributed by atoms with E-state index in [-0.39, 0.29) is 33.9 Å². The smallest absolute Gasteiger partial charge is 0.279 e. The minimum Gasteiger partial charge on any atom is -0.480 e. The summed E-state index contributed by atoms with van der Waals surface area (Å²) in [5.41, 5.74) is 0.425. The molecule has 0 saturated heterocycles. The molecule has 4 rings (SSSR count). The zero-order valence-corrected chi connectivity index (χ0v) is 19.2. The van der Waals surface area contributed by atoms with Crippen molar-refractivity contribution in [1.82, 2.24) is 9.97 Å². The minimum absolute atomic E-state index is 0.00357. The summed E-state index contributed by atoms with van der Waals surface area (Å²) >= 11 is 0. The number of ether oxygens (including phenoxy) is 2. The molecule has 2 aliphatic rings. The van der Waals surface area contributed by atoms with E-state index in [2.05, 4.69) is 20.4 Å². The van der Waals surface area contributed by atoms with Crippen molar-refractivity contribution in [3.8, 4) is 5.88 Å². The van der Waals surface area contributed by atoms with Gasteiger partial charge in [-0.25, -0.2) is 18.4 Å². The molecule has 2 fully saturated rings. The summed E-state index contributed by atoms with van der Waals surface area (Å²) in [6.07, 6.45) is 6.32. The van der Waals surface area contributed by atoms with Gasteiger partial charge in [0.15, 0.2) is 21.4 Å². The molecule has 2 atom stereocenters. The number of anilines is 1. The summed E-state index contributed by atoms with van der Waals surface area (Å²) in [6, 6.07) is 6.11. The molecule has 33 heavy (non-hydrogen) atoms. The van der Waals surface area contributed by atoms with E-state index >= 15 is 0 Å². The highest BCUT2D eigenvalue weighted by atomic mass is 32.2. The van der Waals surface area contributed by atoms with Gasteiger partial charge in [-0.2, -0.15) is 0 Å². The van der Waals surface area contributed by atoms with Gasteiger partial charge in [0.05, 0.1) is 35.8 Å². The normalized spacial score (nSPS) is 21.0. The third-order valence-corrected chi connectivity index (χ3v) is 7.95. The van der Waals surface area contributed by atoms with E-state index in [1.807, 2.05) is 0 Å². The number of amides is 1. The Morgan fingerprint density at radius 2 is 1.76 bits per heavy atom. The fraction of sp³-hybridized carbons (Fsp3) is 0.455. The fourth-order valence-corrected chi connectivity index (χ4v) is 5.25. The Hall–Kier alpha value is -3.05. The van der Waals surface area contributed by atoms with Gasteiger partial charge < -0.3 is 19.6 Å². The third kappa shape index (κ3) is 5.48. The van der Waals surface area contributed by atoms with Crippen LogP contribution in [0, 0.1) is 0 Å². The lowest BCUT2D eigenvalue weighted by Gasteiger charge is -2.12. The van der Waals surface area contributed by atoms with E-state index in [9.17, 15) is 13.2 Å². The molecule has 2 aromatic rings. The molecule has 2 aliphatic carbocycles. The number of nitrogens with zero attached hydrogens (tertiary/aromatic N) is 3. The molecule has 176 valence electrons. The Morgan fingerprint density at radius 3 is 2.33 bits per heavy atom. The molecule has 10 nitrogen and oxygen atoms in total. The monoisotopic (exact) mass is 474 g/mol. The molecular weight excluding hydrogens is 448 g/mol. The largest absolute Gasteiger partial charge is 0.480 e. The maximum atomic E-state index is 13.0. The van der Waals surface area contributed by atoms with Gasteiger partial charge in [0, 0.05) is 19.1 Å². The maximum Gasteiger partial charge on any atom is 0.279 e. The van der Waals surface area contributed by atoms with E-state index in [0.29, 0.717) is 30.7 Å². The van der Waals surface area contributed by atoms with E-state index in [0.717, 1.165) is 12.8 Å². The molecule has 1 N–H and O–H groups in total. The summed E-state index contributed by atoms with van der Waals surface area (Å²) in [5, 5.41) is 6.47. The van der Waals surface area contributed by atoms with Crippen molar-refractivity contribution in [3.05, 3.63) is 42.2 Å². The topological polar surface area (TPSA) is 129 Å². The van der Waals surface area contributed by atoms with Crippen LogP contribution >= 0.6 is 0 Å². The number of nitrogens with one attached hydrogen (secondary N) is 1. The zero-order valence-electron chi connectivity index (χ0n) is 18.4. The van der Waals surface area contributed by atoms with Crippen molar-refractivity contribution in [2.75, 3.05) is 19.5 Å². The number of hydrogen-bond acceptors (Lipinski definition) is 9. The van der Waals surface area contributed by atoms with Gasteiger partial charge >= 0.3 is 0 Å². The van der Waals surface area contributed by atoms with Crippen molar-refractivity contribution in [2.45, 2.75) is 54.5 Å². The fourth-order valence-electron chi connectivity index (χ4n) is 3.60. The number of carbonyl (C=O) groups is 1. The highest BCUT2D eigenvalue weighted by molar-refractivity contribution is 7.92. The first kappa shape index (κ1) is 23.1. The van der Waals surface area contributed by atoms with Crippen molar-refractivity contribution >= 4 is 27.3 Å². The van der Waals surface area contributed by atoms with Crippen LogP contribution in [0.5, 0.6) is 5.88 Å². The van der Waals surface area contributed by atoms with E-state index in [1.54, 1.807) is 19.2 Å². The number of sulfone groups is 1. The number of hydrogen-bond donors (Lipinski definition) is 1. The zero-order chi connectivity index (χ0) is 23.4. The molecule has 1 aromatic carbocycles. The summed E-state index contributed by atoms with van der Waals surface area (Å²) in [5.74, 6) is -0.0399. The van der Waals surface area contributed by atoms with Crippen LogP contribution in [0.2, 0.25) is 0 Å². The molecule has 0 unspecified atom stereocenters. The third-order valence-electron chi connectivity index (χ3n) is 5.68. The van der Waals surface area contributed by atoms with Gasteiger partial charge in [-0.3, -0.25) is 4.79 Å². The number of carbonyl (C=O) groups excluding carboxylic acids is 1. The number of aromatic nitrogens is 2. The number of benzene rings is 1. The lowest BCUT2D eigenvalue weighted by Crippen LogP contribution is -2.25. The first-order valence-corrected chi connectivity index (χ1v) is 12.2. The van der Waals surface area contributed by atoms with Gasteiger partial charge in [0.1, 0.15) is 6.10 Å². The van der Waals surface area contributed by atoms with Crippen molar-refractivity contribution < 1.29 is 27.5 Å². The van der Waals surface area contributed by atoms with Gasteiger partial charge in [0.2, 0.25) is 5.88 Å². The maximum absolute atomic E-state index is 13.0. The van der Waals surface area contributed by atoms with E-state index in [4.69, 9.17) is 14.3 Å². The van der Waals surface area contributed by atoms with Crippen LogP contribution in [-0.4, -0.2) is 61.7 Å². The van der Waals surface area contributed by atoms with Crippen LogP contribution in [-0.2, 0) is 24.2 Å². The predicted molar refractivity (Wildman–Crippen MR) is 120 cm³/mol. The lowest BCUT2D eigenvalue weighted by molar-refractivity contribution is -0.110. The highest BCUT2D eigenvalue weighted by Crippen LogP contribution is 2.33. The van der Waals surface area contributed by atoms with E-state index < -0.39 is 15.7 Å². The molecule has 1 heterocycles. The first-order valence-electron chi connectivity index (χ1n) is 10.7. The minimum atomic E-state index is -3.33. The van der Waals surface area contributed by atoms with Crippen LogP contribution in [0.3, 0.4) is 0 Å². The molecule has 11 heteroatoms. The van der Waals surface area contributed by atoms with Crippen LogP contribution in [0.4, 0.5) is 5.82 Å². The Labute approximate surface area is 192 Å². The van der Waals surface area contributed by atoms with Crippen molar-refractivity contribution in [1.29, 1.82) is 0 Å². The molecular formula is C22H26N4O6S. The quantitative estimate of drug-likeness (QED) is 0.433. The number of rotatable bonds is 9.